The van der Waals surface area contributed by atoms with E-state index >= 15 is 0 Å². The first-order chi connectivity index (χ1) is 12.3. The molecule has 2 rings (SSSR count). The molecule has 2 amide bonds. The summed E-state index contributed by atoms with van der Waals surface area (Å²) in [6.07, 6.45) is 0.788. The fourth-order valence-corrected chi connectivity index (χ4v) is 2.88. The lowest BCUT2D eigenvalue weighted by atomic mass is 9.94. The lowest BCUT2D eigenvalue weighted by Crippen LogP contribution is -2.42. The molecule has 0 saturated carbocycles. The topological polar surface area (TPSA) is 59.1 Å². The third kappa shape index (κ3) is 5.64. The SMILES string of the molecule is CCOc1ccc(OCC(=O)N2CCCN(C(=O)C(C)(C)C)CC2)cc1. The van der Waals surface area contributed by atoms with Crippen LogP contribution in [0.25, 0.3) is 0 Å². The normalized spacial score (nSPS) is 15.4. The molecule has 144 valence electrons. The molecular formula is C20H30N2O4. The highest BCUT2D eigenvalue weighted by atomic mass is 16.5. The largest absolute Gasteiger partial charge is 0.494 e. The standard InChI is InChI=1S/C20H30N2O4/c1-5-25-16-7-9-17(10-8-16)26-15-18(23)21-11-6-12-22(14-13-21)19(24)20(2,3)4/h7-10H,5-6,11-15H2,1-4H3. The van der Waals surface area contributed by atoms with Gasteiger partial charge < -0.3 is 19.3 Å². The van der Waals surface area contributed by atoms with Crippen LogP contribution in [-0.2, 0) is 9.59 Å². The summed E-state index contributed by atoms with van der Waals surface area (Å²) in [4.78, 5) is 28.5. The van der Waals surface area contributed by atoms with Gasteiger partial charge in [0.2, 0.25) is 5.91 Å². The van der Waals surface area contributed by atoms with Gasteiger partial charge in [0.15, 0.2) is 6.61 Å². The number of benzene rings is 1. The second-order valence-corrected chi connectivity index (χ2v) is 7.47. The molecule has 1 heterocycles. The quantitative estimate of drug-likeness (QED) is 0.808. The van der Waals surface area contributed by atoms with Gasteiger partial charge >= 0.3 is 0 Å². The van der Waals surface area contributed by atoms with Gasteiger partial charge in [-0.25, -0.2) is 0 Å². The molecule has 6 nitrogen and oxygen atoms in total. The van der Waals surface area contributed by atoms with Crippen molar-refractivity contribution in [3.8, 4) is 11.5 Å². The first-order valence-electron chi connectivity index (χ1n) is 9.24. The van der Waals surface area contributed by atoms with Gasteiger partial charge in [-0.15, -0.1) is 0 Å². The Kier molecular flexibility index (Phi) is 6.89. The van der Waals surface area contributed by atoms with Crippen molar-refractivity contribution in [1.29, 1.82) is 0 Å². The third-order valence-corrected chi connectivity index (χ3v) is 4.27. The molecular weight excluding hydrogens is 332 g/mol. The van der Waals surface area contributed by atoms with Crippen LogP contribution in [-0.4, -0.2) is 61.0 Å². The van der Waals surface area contributed by atoms with Crippen molar-refractivity contribution >= 4 is 11.8 Å². The van der Waals surface area contributed by atoms with E-state index in [1.54, 1.807) is 17.0 Å². The molecule has 1 saturated heterocycles. The van der Waals surface area contributed by atoms with Gasteiger partial charge in [-0.2, -0.15) is 0 Å². The third-order valence-electron chi connectivity index (χ3n) is 4.27. The van der Waals surface area contributed by atoms with E-state index in [0.717, 1.165) is 12.2 Å². The van der Waals surface area contributed by atoms with Gasteiger partial charge in [0.05, 0.1) is 6.61 Å². The highest BCUT2D eigenvalue weighted by Crippen LogP contribution is 2.19. The van der Waals surface area contributed by atoms with Gasteiger partial charge in [-0.1, -0.05) is 20.8 Å². The van der Waals surface area contributed by atoms with Crippen molar-refractivity contribution < 1.29 is 19.1 Å². The van der Waals surface area contributed by atoms with E-state index in [2.05, 4.69) is 0 Å². The van der Waals surface area contributed by atoms with Crippen LogP contribution < -0.4 is 9.47 Å². The summed E-state index contributed by atoms with van der Waals surface area (Å²) in [5, 5.41) is 0. The molecule has 0 unspecified atom stereocenters. The monoisotopic (exact) mass is 362 g/mol. The lowest BCUT2D eigenvalue weighted by Gasteiger charge is -2.28. The molecule has 6 heteroatoms. The zero-order valence-electron chi connectivity index (χ0n) is 16.3. The number of carbonyl (C=O) groups excluding carboxylic acids is 2. The van der Waals surface area contributed by atoms with E-state index in [0.29, 0.717) is 38.5 Å². The second-order valence-electron chi connectivity index (χ2n) is 7.47. The maximum absolute atomic E-state index is 12.4. The minimum absolute atomic E-state index is 0.00119. The average molecular weight is 362 g/mol. The first kappa shape index (κ1) is 20.1. The molecule has 0 radical (unpaired) electrons. The molecule has 0 aliphatic carbocycles. The predicted octanol–water partition coefficient (Wildman–Crippen LogP) is 2.57. The number of hydrogen-bond donors (Lipinski definition) is 0. The zero-order valence-corrected chi connectivity index (χ0v) is 16.3. The van der Waals surface area contributed by atoms with Crippen LogP contribution in [0.3, 0.4) is 0 Å². The Hall–Kier alpha value is -2.24. The summed E-state index contributed by atoms with van der Waals surface area (Å²) < 4.78 is 11.0. The van der Waals surface area contributed by atoms with E-state index in [-0.39, 0.29) is 18.4 Å². The fourth-order valence-electron chi connectivity index (χ4n) is 2.88. The molecule has 0 aromatic heterocycles. The van der Waals surface area contributed by atoms with Crippen molar-refractivity contribution in [2.45, 2.75) is 34.1 Å². The van der Waals surface area contributed by atoms with Crippen molar-refractivity contribution in [1.82, 2.24) is 9.80 Å². The average Bonchev–Trinajstić information content (AvgIpc) is 2.86. The van der Waals surface area contributed by atoms with Crippen molar-refractivity contribution in [3.05, 3.63) is 24.3 Å². The first-order valence-corrected chi connectivity index (χ1v) is 9.24. The molecule has 0 bridgehead atoms. The Morgan fingerprint density at radius 2 is 1.46 bits per heavy atom. The molecule has 1 aliphatic rings. The van der Waals surface area contributed by atoms with E-state index in [1.165, 1.54) is 0 Å². The van der Waals surface area contributed by atoms with Gasteiger partial charge in [0.25, 0.3) is 5.91 Å². The Morgan fingerprint density at radius 3 is 2.04 bits per heavy atom. The maximum atomic E-state index is 12.4. The summed E-state index contributed by atoms with van der Waals surface area (Å²) in [5.74, 6) is 1.50. The number of rotatable bonds is 5. The summed E-state index contributed by atoms with van der Waals surface area (Å²) in [5.41, 5.74) is -0.393. The smallest absolute Gasteiger partial charge is 0.260 e. The molecule has 0 atom stereocenters. The predicted molar refractivity (Wildman–Crippen MR) is 100 cm³/mol. The summed E-state index contributed by atoms with van der Waals surface area (Å²) >= 11 is 0. The summed E-state index contributed by atoms with van der Waals surface area (Å²) in [7, 11) is 0. The van der Waals surface area contributed by atoms with Crippen LogP contribution in [0.15, 0.2) is 24.3 Å². The van der Waals surface area contributed by atoms with Gasteiger partial charge in [-0.3, -0.25) is 9.59 Å². The van der Waals surface area contributed by atoms with E-state index in [4.69, 9.17) is 9.47 Å². The second kappa shape index (κ2) is 8.92. The lowest BCUT2D eigenvalue weighted by molar-refractivity contribution is -0.140. The Morgan fingerprint density at radius 1 is 0.923 bits per heavy atom. The van der Waals surface area contributed by atoms with Crippen LogP contribution in [0.4, 0.5) is 0 Å². The van der Waals surface area contributed by atoms with Crippen molar-refractivity contribution in [2.75, 3.05) is 39.4 Å². The Balaban J connectivity index is 1.83. The van der Waals surface area contributed by atoms with E-state index in [9.17, 15) is 9.59 Å². The number of hydrogen-bond acceptors (Lipinski definition) is 4. The zero-order chi connectivity index (χ0) is 19.2. The van der Waals surface area contributed by atoms with Gasteiger partial charge in [0.1, 0.15) is 11.5 Å². The summed E-state index contributed by atoms with van der Waals surface area (Å²) in [6.45, 7) is 10.8. The maximum Gasteiger partial charge on any atom is 0.260 e. The number of amides is 2. The van der Waals surface area contributed by atoms with Gasteiger partial charge in [0, 0.05) is 31.6 Å². The van der Waals surface area contributed by atoms with Crippen molar-refractivity contribution in [2.24, 2.45) is 5.41 Å². The molecule has 1 aromatic carbocycles. The van der Waals surface area contributed by atoms with Crippen LogP contribution >= 0.6 is 0 Å². The highest BCUT2D eigenvalue weighted by molar-refractivity contribution is 5.82. The van der Waals surface area contributed by atoms with Gasteiger partial charge in [-0.05, 0) is 37.6 Å². The molecule has 1 aromatic rings. The van der Waals surface area contributed by atoms with Crippen LogP contribution in [0, 0.1) is 5.41 Å². The molecule has 0 N–H and O–H groups in total. The van der Waals surface area contributed by atoms with Crippen LogP contribution in [0.5, 0.6) is 11.5 Å². The highest BCUT2D eigenvalue weighted by Gasteiger charge is 2.29. The molecule has 26 heavy (non-hydrogen) atoms. The minimum atomic E-state index is -0.393. The Bertz CT molecular complexity index is 607. The molecule has 1 aliphatic heterocycles. The molecule has 1 fully saturated rings. The number of carbonyl (C=O) groups is 2. The van der Waals surface area contributed by atoms with Crippen LogP contribution in [0.2, 0.25) is 0 Å². The molecule has 0 spiro atoms. The number of ether oxygens (including phenoxy) is 2. The summed E-state index contributed by atoms with van der Waals surface area (Å²) in [6, 6.07) is 7.24. The van der Waals surface area contributed by atoms with E-state index in [1.807, 2.05) is 44.7 Å². The fraction of sp³-hybridized carbons (Fsp3) is 0.600. The van der Waals surface area contributed by atoms with E-state index < -0.39 is 5.41 Å². The van der Waals surface area contributed by atoms with Crippen LogP contribution in [0.1, 0.15) is 34.1 Å². The van der Waals surface area contributed by atoms with Crippen molar-refractivity contribution in [3.63, 3.8) is 0 Å². The number of nitrogens with zero attached hydrogens (tertiary/aromatic N) is 2. The minimum Gasteiger partial charge on any atom is -0.494 e. The Labute approximate surface area is 156 Å².